The Morgan fingerprint density at radius 3 is 2.46 bits per heavy atom. The molecule has 2 saturated heterocycles. The molecule has 0 aliphatic carbocycles. The number of aliphatic imine (C=N–C) groups is 1. The lowest BCUT2D eigenvalue weighted by Crippen LogP contribution is -2.37. The molecular formula is C19H17BrN2O4S2. The predicted octanol–water partition coefficient (Wildman–Crippen LogP) is 3.37. The third-order valence-corrected chi connectivity index (χ3v) is 8.44. The van der Waals surface area contributed by atoms with Crippen LogP contribution in [0.2, 0.25) is 0 Å². The number of nitrogens with zero attached hydrogens (tertiary/aromatic N) is 2. The van der Waals surface area contributed by atoms with Crippen LogP contribution in [-0.4, -0.2) is 49.4 Å². The Labute approximate surface area is 176 Å². The Balaban J connectivity index is 1.70. The molecule has 4 rings (SSSR count). The summed E-state index contributed by atoms with van der Waals surface area (Å²) in [6, 6.07) is 14.1. The van der Waals surface area contributed by atoms with Gasteiger partial charge in [-0.2, -0.15) is 4.99 Å². The van der Waals surface area contributed by atoms with Crippen molar-refractivity contribution < 1.29 is 17.9 Å². The maximum atomic E-state index is 12.7. The quantitative estimate of drug-likeness (QED) is 0.669. The van der Waals surface area contributed by atoms with E-state index < -0.39 is 9.84 Å². The zero-order valence-electron chi connectivity index (χ0n) is 14.9. The molecule has 2 aliphatic heterocycles. The van der Waals surface area contributed by atoms with Crippen molar-refractivity contribution in [2.45, 2.75) is 11.3 Å². The number of rotatable bonds is 3. The number of hydrogen-bond acceptors (Lipinski definition) is 5. The molecular weight excluding hydrogens is 464 g/mol. The summed E-state index contributed by atoms with van der Waals surface area (Å²) in [5, 5.41) is 0.395. The van der Waals surface area contributed by atoms with Crippen LogP contribution in [0.5, 0.6) is 5.75 Å². The fourth-order valence-corrected chi connectivity index (χ4v) is 7.53. The maximum Gasteiger partial charge on any atom is 0.279 e. The van der Waals surface area contributed by atoms with E-state index in [0.29, 0.717) is 16.5 Å². The summed E-state index contributed by atoms with van der Waals surface area (Å²) in [6.07, 6.45) is 0. The SMILES string of the molecule is COc1ccc(N2C(=NC(=O)c3ccc(Br)cc3)S[C@H]3CS(=O)(=O)C[C@H]32)cc1. The van der Waals surface area contributed by atoms with Gasteiger partial charge in [0, 0.05) is 21.0 Å². The highest BCUT2D eigenvalue weighted by atomic mass is 79.9. The van der Waals surface area contributed by atoms with Gasteiger partial charge >= 0.3 is 0 Å². The monoisotopic (exact) mass is 480 g/mol. The fourth-order valence-electron chi connectivity index (χ4n) is 3.35. The number of benzene rings is 2. The van der Waals surface area contributed by atoms with Crippen molar-refractivity contribution in [3.8, 4) is 5.75 Å². The average Bonchev–Trinajstić information content (AvgIpc) is 3.13. The summed E-state index contributed by atoms with van der Waals surface area (Å²) in [5.74, 6) is 0.509. The third kappa shape index (κ3) is 3.83. The van der Waals surface area contributed by atoms with E-state index in [2.05, 4.69) is 20.9 Å². The van der Waals surface area contributed by atoms with Crippen molar-refractivity contribution in [2.75, 3.05) is 23.5 Å². The van der Waals surface area contributed by atoms with Gasteiger partial charge in [0.2, 0.25) is 0 Å². The Bertz CT molecular complexity index is 1040. The first-order chi connectivity index (χ1) is 13.4. The van der Waals surface area contributed by atoms with Gasteiger partial charge < -0.3 is 9.64 Å². The van der Waals surface area contributed by atoms with E-state index >= 15 is 0 Å². The summed E-state index contributed by atoms with van der Waals surface area (Å²) < 4.78 is 30.3. The smallest absolute Gasteiger partial charge is 0.279 e. The topological polar surface area (TPSA) is 76.0 Å². The average molecular weight is 481 g/mol. The molecule has 2 fully saturated rings. The second-order valence-corrected chi connectivity index (χ2v) is 10.9. The summed E-state index contributed by atoms with van der Waals surface area (Å²) in [4.78, 5) is 18.9. The van der Waals surface area contributed by atoms with Gasteiger partial charge in [0.05, 0.1) is 24.7 Å². The third-order valence-electron chi connectivity index (χ3n) is 4.71. The van der Waals surface area contributed by atoms with Crippen molar-refractivity contribution in [1.82, 2.24) is 0 Å². The van der Waals surface area contributed by atoms with Crippen LogP contribution >= 0.6 is 27.7 Å². The van der Waals surface area contributed by atoms with E-state index in [9.17, 15) is 13.2 Å². The number of fused-ring (bicyclic) bond motifs is 1. The molecule has 0 aromatic heterocycles. The molecule has 9 heteroatoms. The lowest BCUT2D eigenvalue weighted by atomic mass is 10.2. The molecule has 0 radical (unpaired) electrons. The van der Waals surface area contributed by atoms with Crippen molar-refractivity contribution in [3.05, 3.63) is 58.6 Å². The molecule has 28 heavy (non-hydrogen) atoms. The highest BCUT2D eigenvalue weighted by Crippen LogP contribution is 2.41. The number of thioether (sulfide) groups is 1. The molecule has 6 nitrogen and oxygen atoms in total. The van der Waals surface area contributed by atoms with E-state index in [1.165, 1.54) is 11.8 Å². The lowest BCUT2D eigenvalue weighted by molar-refractivity contribution is 0.100. The maximum absolute atomic E-state index is 12.7. The van der Waals surface area contributed by atoms with Gasteiger partial charge in [-0.3, -0.25) is 4.79 Å². The van der Waals surface area contributed by atoms with Gasteiger partial charge in [0.25, 0.3) is 5.91 Å². The molecule has 0 bridgehead atoms. The molecule has 0 spiro atoms. The number of halogens is 1. The number of hydrogen-bond donors (Lipinski definition) is 0. The molecule has 2 aliphatic rings. The van der Waals surface area contributed by atoms with Gasteiger partial charge in [-0.1, -0.05) is 27.7 Å². The van der Waals surface area contributed by atoms with Crippen molar-refractivity contribution in [3.63, 3.8) is 0 Å². The Hall–Kier alpha value is -1.84. The second kappa shape index (κ2) is 7.53. The van der Waals surface area contributed by atoms with Gasteiger partial charge in [-0.15, -0.1) is 0 Å². The van der Waals surface area contributed by atoms with Gasteiger partial charge in [0.1, 0.15) is 5.75 Å². The zero-order chi connectivity index (χ0) is 19.9. The van der Waals surface area contributed by atoms with Crippen LogP contribution in [0.4, 0.5) is 5.69 Å². The summed E-state index contributed by atoms with van der Waals surface area (Å²) in [6.45, 7) is 0. The summed E-state index contributed by atoms with van der Waals surface area (Å²) >= 11 is 4.71. The van der Waals surface area contributed by atoms with Crippen LogP contribution in [0, 0.1) is 0 Å². The van der Waals surface area contributed by atoms with E-state index in [4.69, 9.17) is 4.74 Å². The summed E-state index contributed by atoms with van der Waals surface area (Å²) in [5.41, 5.74) is 1.27. The first-order valence-electron chi connectivity index (χ1n) is 8.55. The van der Waals surface area contributed by atoms with E-state index in [1.54, 1.807) is 31.4 Å². The molecule has 2 aromatic rings. The molecule has 0 saturated carbocycles. The highest BCUT2D eigenvalue weighted by molar-refractivity contribution is 9.10. The minimum atomic E-state index is -3.10. The number of amides is 1. The van der Waals surface area contributed by atoms with Gasteiger partial charge in [-0.25, -0.2) is 8.42 Å². The molecule has 1 amide bonds. The lowest BCUT2D eigenvalue weighted by Gasteiger charge is -2.24. The first kappa shape index (κ1) is 19.5. The second-order valence-electron chi connectivity index (χ2n) is 6.58. The largest absolute Gasteiger partial charge is 0.497 e. The molecule has 146 valence electrons. The van der Waals surface area contributed by atoms with Crippen LogP contribution in [0.15, 0.2) is 58.0 Å². The fraction of sp³-hybridized carbons (Fsp3) is 0.263. The highest BCUT2D eigenvalue weighted by Gasteiger charge is 2.49. The summed E-state index contributed by atoms with van der Waals surface area (Å²) in [7, 11) is -1.51. The minimum Gasteiger partial charge on any atom is -0.497 e. The normalized spacial score (nSPS) is 24.4. The Kier molecular flexibility index (Phi) is 5.24. The zero-order valence-corrected chi connectivity index (χ0v) is 18.1. The number of ether oxygens (including phenoxy) is 1. The molecule has 2 atom stereocenters. The number of carbonyl (C=O) groups is 1. The molecule has 0 unspecified atom stereocenters. The Morgan fingerprint density at radius 1 is 1.14 bits per heavy atom. The van der Waals surface area contributed by atoms with Crippen molar-refractivity contribution >= 4 is 54.3 Å². The number of sulfone groups is 1. The minimum absolute atomic E-state index is 0.0577. The predicted molar refractivity (Wildman–Crippen MR) is 115 cm³/mol. The standard InChI is InChI=1S/C19H17BrN2O4S2/c1-26-15-8-6-14(7-9-15)22-16-10-28(24,25)11-17(16)27-19(22)21-18(23)12-2-4-13(20)5-3-12/h2-9,16-17H,10-11H2,1H3/t16-,17+/m1/s1. The number of anilines is 1. The number of amidine groups is 1. The van der Waals surface area contributed by atoms with Crippen molar-refractivity contribution in [1.29, 1.82) is 0 Å². The number of carbonyl (C=O) groups excluding carboxylic acids is 1. The number of methoxy groups -OCH3 is 1. The first-order valence-corrected chi connectivity index (χ1v) is 12.0. The van der Waals surface area contributed by atoms with Gasteiger partial charge in [-0.05, 0) is 48.5 Å². The van der Waals surface area contributed by atoms with Crippen LogP contribution in [0.25, 0.3) is 0 Å². The van der Waals surface area contributed by atoms with Crippen LogP contribution in [-0.2, 0) is 9.84 Å². The van der Waals surface area contributed by atoms with E-state index in [1.807, 2.05) is 29.2 Å². The van der Waals surface area contributed by atoms with Crippen LogP contribution in [0.1, 0.15) is 10.4 Å². The van der Waals surface area contributed by atoms with Crippen LogP contribution in [0.3, 0.4) is 0 Å². The van der Waals surface area contributed by atoms with E-state index in [-0.39, 0.29) is 28.7 Å². The van der Waals surface area contributed by atoms with E-state index in [0.717, 1.165) is 10.2 Å². The van der Waals surface area contributed by atoms with Gasteiger partial charge in [0.15, 0.2) is 15.0 Å². The Morgan fingerprint density at radius 2 is 1.82 bits per heavy atom. The van der Waals surface area contributed by atoms with Crippen LogP contribution < -0.4 is 9.64 Å². The van der Waals surface area contributed by atoms with Crippen molar-refractivity contribution in [2.24, 2.45) is 4.99 Å². The molecule has 2 heterocycles. The molecule has 2 aromatic carbocycles. The molecule has 0 N–H and O–H groups in total.